The van der Waals surface area contributed by atoms with Gasteiger partial charge in [0.1, 0.15) is 0 Å². The minimum Gasteiger partial charge on any atom is -0.388 e. The standard InChI is InChI=1S/C14H20N6O2/c1-4-14(2,22)9-15-13(21)16-11-7-5-6-10(8-11)12-17-18-19-20(12)3/h5-8,22H,4,9H2,1-3H3,(H2,15,16,21)/t14-/m1/s1. The van der Waals surface area contributed by atoms with Gasteiger partial charge in [-0.3, -0.25) is 0 Å². The van der Waals surface area contributed by atoms with Crippen molar-refractivity contribution in [2.45, 2.75) is 25.9 Å². The summed E-state index contributed by atoms with van der Waals surface area (Å²) < 4.78 is 1.55. The summed E-state index contributed by atoms with van der Waals surface area (Å²) in [7, 11) is 1.75. The molecule has 0 fully saturated rings. The van der Waals surface area contributed by atoms with Gasteiger partial charge in [0.2, 0.25) is 0 Å². The van der Waals surface area contributed by atoms with E-state index in [1.165, 1.54) is 0 Å². The van der Waals surface area contributed by atoms with Crippen LogP contribution < -0.4 is 10.6 Å². The number of rotatable bonds is 5. The first kappa shape index (κ1) is 15.9. The lowest BCUT2D eigenvalue weighted by Crippen LogP contribution is -2.41. The summed E-state index contributed by atoms with van der Waals surface area (Å²) in [4.78, 5) is 11.9. The van der Waals surface area contributed by atoms with Crippen molar-refractivity contribution < 1.29 is 9.90 Å². The molecule has 1 atom stereocenters. The van der Waals surface area contributed by atoms with Crippen molar-refractivity contribution in [2.75, 3.05) is 11.9 Å². The lowest BCUT2D eigenvalue weighted by atomic mass is 10.0. The second kappa shape index (κ2) is 6.52. The maximum absolute atomic E-state index is 11.9. The van der Waals surface area contributed by atoms with Crippen LogP contribution in [0.5, 0.6) is 0 Å². The molecule has 0 saturated heterocycles. The van der Waals surface area contributed by atoms with Gasteiger partial charge in [-0.15, -0.1) is 5.10 Å². The Morgan fingerprint density at radius 2 is 2.23 bits per heavy atom. The van der Waals surface area contributed by atoms with Crippen molar-refractivity contribution in [3.8, 4) is 11.4 Å². The van der Waals surface area contributed by atoms with Crippen LogP contribution in [0.1, 0.15) is 20.3 Å². The van der Waals surface area contributed by atoms with Gasteiger partial charge in [-0.05, 0) is 35.9 Å². The quantitative estimate of drug-likeness (QED) is 0.769. The van der Waals surface area contributed by atoms with E-state index in [9.17, 15) is 9.90 Å². The summed E-state index contributed by atoms with van der Waals surface area (Å²) >= 11 is 0. The summed E-state index contributed by atoms with van der Waals surface area (Å²) in [5, 5.41) is 26.5. The number of nitrogens with one attached hydrogen (secondary N) is 2. The zero-order chi connectivity index (χ0) is 16.2. The van der Waals surface area contributed by atoms with Crippen LogP contribution in [0.2, 0.25) is 0 Å². The average molecular weight is 304 g/mol. The minimum absolute atomic E-state index is 0.183. The number of carbonyl (C=O) groups is 1. The molecule has 1 aromatic carbocycles. The molecule has 1 heterocycles. The van der Waals surface area contributed by atoms with E-state index in [4.69, 9.17) is 0 Å². The van der Waals surface area contributed by atoms with E-state index < -0.39 is 5.60 Å². The normalized spacial score (nSPS) is 13.5. The SMILES string of the molecule is CC[C@@](C)(O)CNC(=O)Nc1cccc(-c2nnnn2C)c1. The number of aromatic nitrogens is 4. The number of aryl methyl sites for hydroxylation is 1. The largest absolute Gasteiger partial charge is 0.388 e. The van der Waals surface area contributed by atoms with E-state index in [0.717, 1.165) is 5.56 Å². The first-order valence-electron chi connectivity index (χ1n) is 7.01. The zero-order valence-corrected chi connectivity index (χ0v) is 12.9. The molecule has 0 aliphatic rings. The summed E-state index contributed by atoms with van der Waals surface area (Å²) in [5.74, 6) is 0.609. The fourth-order valence-electron chi connectivity index (χ4n) is 1.78. The molecule has 2 rings (SSSR count). The summed E-state index contributed by atoms with van der Waals surface area (Å²) in [5.41, 5.74) is 0.503. The number of benzene rings is 1. The topological polar surface area (TPSA) is 105 Å². The maximum Gasteiger partial charge on any atom is 0.319 e. The summed E-state index contributed by atoms with van der Waals surface area (Å²) in [6.45, 7) is 3.72. The van der Waals surface area contributed by atoms with Gasteiger partial charge in [-0.25, -0.2) is 9.48 Å². The van der Waals surface area contributed by atoms with Crippen LogP contribution in [0, 0.1) is 0 Å². The fourth-order valence-corrected chi connectivity index (χ4v) is 1.78. The molecule has 3 N–H and O–H groups in total. The van der Waals surface area contributed by atoms with E-state index in [2.05, 4.69) is 26.2 Å². The van der Waals surface area contributed by atoms with Crippen LogP contribution in [0.15, 0.2) is 24.3 Å². The highest BCUT2D eigenvalue weighted by Gasteiger charge is 2.18. The van der Waals surface area contributed by atoms with Gasteiger partial charge >= 0.3 is 6.03 Å². The Morgan fingerprint density at radius 3 is 2.86 bits per heavy atom. The number of tetrazole rings is 1. The predicted octanol–water partition coefficient (Wildman–Crippen LogP) is 1.16. The Morgan fingerprint density at radius 1 is 1.45 bits per heavy atom. The van der Waals surface area contributed by atoms with Gasteiger partial charge in [-0.1, -0.05) is 19.1 Å². The van der Waals surface area contributed by atoms with Gasteiger partial charge in [0.25, 0.3) is 0 Å². The average Bonchev–Trinajstić information content (AvgIpc) is 2.92. The van der Waals surface area contributed by atoms with Gasteiger partial charge in [-0.2, -0.15) is 0 Å². The molecule has 0 bridgehead atoms. The predicted molar refractivity (Wildman–Crippen MR) is 82.2 cm³/mol. The number of anilines is 1. The third kappa shape index (κ3) is 4.01. The molecule has 2 aromatic rings. The van der Waals surface area contributed by atoms with Crippen LogP contribution >= 0.6 is 0 Å². The van der Waals surface area contributed by atoms with E-state index in [0.29, 0.717) is 17.9 Å². The highest BCUT2D eigenvalue weighted by Crippen LogP contribution is 2.19. The Labute approximate surface area is 128 Å². The molecule has 0 aliphatic heterocycles. The number of aliphatic hydroxyl groups is 1. The minimum atomic E-state index is -0.913. The third-order valence-electron chi connectivity index (χ3n) is 3.39. The summed E-state index contributed by atoms with van der Waals surface area (Å²) in [6, 6.07) is 6.84. The van der Waals surface area contributed by atoms with Crippen LogP contribution in [0.25, 0.3) is 11.4 Å². The Balaban J connectivity index is 2.02. The fraction of sp³-hybridized carbons (Fsp3) is 0.429. The first-order valence-corrected chi connectivity index (χ1v) is 7.01. The van der Waals surface area contributed by atoms with Crippen molar-refractivity contribution in [1.29, 1.82) is 0 Å². The number of nitrogens with zero attached hydrogens (tertiary/aromatic N) is 4. The molecule has 0 unspecified atom stereocenters. The maximum atomic E-state index is 11.9. The Kier molecular flexibility index (Phi) is 4.71. The molecule has 0 saturated carbocycles. The molecule has 118 valence electrons. The number of amides is 2. The molecule has 1 aromatic heterocycles. The highest BCUT2D eigenvalue weighted by molar-refractivity contribution is 5.89. The van der Waals surface area contributed by atoms with E-state index >= 15 is 0 Å². The van der Waals surface area contributed by atoms with Gasteiger partial charge < -0.3 is 15.7 Å². The van der Waals surface area contributed by atoms with Gasteiger partial charge in [0.05, 0.1) is 5.60 Å². The number of urea groups is 1. The zero-order valence-electron chi connectivity index (χ0n) is 12.9. The molecule has 0 aliphatic carbocycles. The summed E-state index contributed by atoms with van der Waals surface area (Å²) in [6.07, 6.45) is 0.557. The molecular formula is C14H20N6O2. The van der Waals surface area contributed by atoms with Crippen molar-refractivity contribution in [3.05, 3.63) is 24.3 Å². The lowest BCUT2D eigenvalue weighted by molar-refractivity contribution is 0.0587. The number of carbonyl (C=O) groups excluding carboxylic acids is 1. The van der Waals surface area contributed by atoms with E-state index in [-0.39, 0.29) is 12.6 Å². The highest BCUT2D eigenvalue weighted by atomic mass is 16.3. The number of hydrogen-bond donors (Lipinski definition) is 3. The molecule has 8 heteroatoms. The van der Waals surface area contributed by atoms with Crippen LogP contribution in [-0.4, -0.2) is 43.5 Å². The molecule has 22 heavy (non-hydrogen) atoms. The van der Waals surface area contributed by atoms with E-state index in [1.807, 2.05) is 19.1 Å². The second-order valence-corrected chi connectivity index (χ2v) is 5.37. The van der Waals surface area contributed by atoms with E-state index in [1.54, 1.807) is 30.8 Å². The first-order chi connectivity index (χ1) is 10.4. The van der Waals surface area contributed by atoms with Crippen molar-refractivity contribution in [3.63, 3.8) is 0 Å². The second-order valence-electron chi connectivity index (χ2n) is 5.37. The molecule has 0 spiro atoms. The molecule has 2 amide bonds. The molecular weight excluding hydrogens is 284 g/mol. The van der Waals surface area contributed by atoms with Crippen LogP contribution in [0.3, 0.4) is 0 Å². The third-order valence-corrected chi connectivity index (χ3v) is 3.39. The Bertz CT molecular complexity index is 652. The Hall–Kier alpha value is -2.48. The van der Waals surface area contributed by atoms with Crippen LogP contribution in [0.4, 0.5) is 10.5 Å². The van der Waals surface area contributed by atoms with Crippen molar-refractivity contribution >= 4 is 11.7 Å². The number of hydrogen-bond acceptors (Lipinski definition) is 5. The van der Waals surface area contributed by atoms with Gasteiger partial charge in [0, 0.05) is 24.8 Å². The lowest BCUT2D eigenvalue weighted by Gasteiger charge is -2.21. The molecule has 8 nitrogen and oxygen atoms in total. The smallest absolute Gasteiger partial charge is 0.319 e. The van der Waals surface area contributed by atoms with Gasteiger partial charge in [0.15, 0.2) is 5.82 Å². The van der Waals surface area contributed by atoms with Crippen molar-refractivity contribution in [2.24, 2.45) is 7.05 Å². The molecule has 0 radical (unpaired) electrons. The van der Waals surface area contributed by atoms with Crippen LogP contribution in [-0.2, 0) is 7.05 Å². The monoisotopic (exact) mass is 304 g/mol. The van der Waals surface area contributed by atoms with Crippen molar-refractivity contribution in [1.82, 2.24) is 25.5 Å².